The first-order chi connectivity index (χ1) is 29.7. The molecule has 0 saturated heterocycles. The standard InChI is InChI=1S/C56H109NO3/c1-3-5-7-9-11-13-15-17-19-21-23-25-27-28-30-31-33-35-37-39-41-43-45-47-49-51-55(59)54(53-58)57-56(60)52-50-48-46-44-42-40-38-36-34-32-29-26-24-22-20-18-16-14-12-10-8-6-4-2/h16,18,22,24,54-55,58-59H,3-15,17,19-21,23,25-53H2,1-2H3,(H,57,60)/b18-16-,24-22-. The molecule has 0 aromatic rings. The van der Waals surface area contributed by atoms with E-state index in [0.717, 1.165) is 32.1 Å². The van der Waals surface area contributed by atoms with Gasteiger partial charge in [0.25, 0.3) is 0 Å². The van der Waals surface area contributed by atoms with Crippen LogP contribution in [0.3, 0.4) is 0 Å². The molecule has 1 amide bonds. The molecule has 0 aliphatic heterocycles. The van der Waals surface area contributed by atoms with Gasteiger partial charge in [0.05, 0.1) is 18.8 Å². The molecule has 60 heavy (non-hydrogen) atoms. The average Bonchev–Trinajstić information content (AvgIpc) is 3.25. The van der Waals surface area contributed by atoms with Crippen molar-refractivity contribution >= 4 is 5.91 Å². The molecule has 0 aromatic carbocycles. The Labute approximate surface area is 377 Å². The Morgan fingerprint density at radius 1 is 0.400 bits per heavy atom. The maximum atomic E-state index is 12.5. The average molecular weight is 844 g/mol. The van der Waals surface area contributed by atoms with Gasteiger partial charge >= 0.3 is 0 Å². The fraction of sp³-hybridized carbons (Fsp3) is 0.911. The van der Waals surface area contributed by atoms with Crippen LogP contribution in [0.5, 0.6) is 0 Å². The highest BCUT2D eigenvalue weighted by Gasteiger charge is 2.20. The van der Waals surface area contributed by atoms with Gasteiger partial charge in [-0.3, -0.25) is 4.79 Å². The molecule has 2 atom stereocenters. The predicted octanol–water partition coefficient (Wildman–Crippen LogP) is 17.9. The third kappa shape index (κ3) is 47.9. The van der Waals surface area contributed by atoms with Crippen molar-refractivity contribution in [1.29, 1.82) is 0 Å². The smallest absolute Gasteiger partial charge is 0.220 e. The summed E-state index contributed by atoms with van der Waals surface area (Å²) in [6.07, 6.45) is 68.7. The van der Waals surface area contributed by atoms with Gasteiger partial charge in [-0.25, -0.2) is 0 Å². The van der Waals surface area contributed by atoms with E-state index in [-0.39, 0.29) is 12.5 Å². The molecular formula is C56H109NO3. The Morgan fingerprint density at radius 3 is 1.00 bits per heavy atom. The van der Waals surface area contributed by atoms with Gasteiger partial charge in [-0.05, 0) is 44.9 Å². The summed E-state index contributed by atoms with van der Waals surface area (Å²) in [4.78, 5) is 12.5. The molecule has 4 nitrogen and oxygen atoms in total. The fourth-order valence-electron chi connectivity index (χ4n) is 8.75. The Bertz CT molecular complexity index is 871. The number of aliphatic hydroxyl groups excluding tert-OH is 2. The van der Waals surface area contributed by atoms with E-state index in [1.165, 1.54) is 250 Å². The molecule has 0 aliphatic rings. The molecule has 0 radical (unpaired) electrons. The van der Waals surface area contributed by atoms with E-state index in [1.807, 2.05) is 0 Å². The van der Waals surface area contributed by atoms with Crippen molar-refractivity contribution in [2.24, 2.45) is 0 Å². The van der Waals surface area contributed by atoms with Crippen LogP contribution in [0.1, 0.15) is 309 Å². The molecule has 0 saturated carbocycles. The Balaban J connectivity index is 3.45. The van der Waals surface area contributed by atoms with E-state index in [0.29, 0.717) is 12.8 Å². The van der Waals surface area contributed by atoms with E-state index >= 15 is 0 Å². The number of hydrogen-bond acceptors (Lipinski definition) is 3. The molecule has 4 heteroatoms. The summed E-state index contributed by atoms with van der Waals surface area (Å²) >= 11 is 0. The Kier molecular flexibility index (Phi) is 51.2. The molecule has 0 spiro atoms. The summed E-state index contributed by atoms with van der Waals surface area (Å²) in [5, 5.41) is 23.3. The van der Waals surface area contributed by atoms with Crippen LogP contribution in [0.2, 0.25) is 0 Å². The van der Waals surface area contributed by atoms with Crippen molar-refractivity contribution < 1.29 is 15.0 Å². The van der Waals surface area contributed by atoms with Crippen LogP contribution < -0.4 is 5.32 Å². The van der Waals surface area contributed by atoms with E-state index in [2.05, 4.69) is 43.5 Å². The number of allylic oxidation sites excluding steroid dienone is 4. The van der Waals surface area contributed by atoms with Gasteiger partial charge in [-0.1, -0.05) is 282 Å². The van der Waals surface area contributed by atoms with Crippen LogP contribution in [-0.2, 0) is 4.79 Å². The predicted molar refractivity (Wildman–Crippen MR) is 267 cm³/mol. The van der Waals surface area contributed by atoms with Crippen molar-refractivity contribution in [2.45, 2.75) is 321 Å². The molecule has 0 bridgehead atoms. The van der Waals surface area contributed by atoms with Crippen molar-refractivity contribution in [3.63, 3.8) is 0 Å². The summed E-state index contributed by atoms with van der Waals surface area (Å²) < 4.78 is 0. The topological polar surface area (TPSA) is 69.6 Å². The molecule has 0 fully saturated rings. The number of amides is 1. The number of nitrogens with one attached hydrogen (secondary N) is 1. The molecule has 0 heterocycles. The van der Waals surface area contributed by atoms with Crippen molar-refractivity contribution in [2.75, 3.05) is 6.61 Å². The summed E-state index contributed by atoms with van der Waals surface area (Å²) in [5.41, 5.74) is 0. The Morgan fingerprint density at radius 2 is 0.683 bits per heavy atom. The monoisotopic (exact) mass is 844 g/mol. The third-order valence-corrected chi connectivity index (χ3v) is 13.0. The zero-order valence-corrected chi connectivity index (χ0v) is 41.0. The summed E-state index contributed by atoms with van der Waals surface area (Å²) in [7, 11) is 0. The maximum absolute atomic E-state index is 12.5. The van der Waals surface area contributed by atoms with Gasteiger partial charge in [0, 0.05) is 6.42 Å². The number of rotatable bonds is 51. The first-order valence-corrected chi connectivity index (χ1v) is 27.5. The second-order valence-electron chi connectivity index (χ2n) is 19.0. The summed E-state index contributed by atoms with van der Waals surface area (Å²) in [5.74, 6) is -0.0289. The van der Waals surface area contributed by atoms with Crippen molar-refractivity contribution in [3.8, 4) is 0 Å². The van der Waals surface area contributed by atoms with Gasteiger partial charge in [0.15, 0.2) is 0 Å². The highest BCUT2D eigenvalue weighted by molar-refractivity contribution is 5.76. The van der Waals surface area contributed by atoms with Crippen molar-refractivity contribution in [3.05, 3.63) is 24.3 Å². The van der Waals surface area contributed by atoms with Crippen LogP contribution >= 0.6 is 0 Å². The zero-order valence-electron chi connectivity index (χ0n) is 41.0. The van der Waals surface area contributed by atoms with Crippen LogP contribution in [0.15, 0.2) is 24.3 Å². The lowest BCUT2D eigenvalue weighted by molar-refractivity contribution is -0.123. The van der Waals surface area contributed by atoms with Gasteiger partial charge in [0.1, 0.15) is 0 Å². The number of hydrogen-bond donors (Lipinski definition) is 3. The minimum atomic E-state index is -0.660. The summed E-state index contributed by atoms with van der Waals surface area (Å²) in [6, 6.07) is -0.537. The number of carbonyl (C=O) groups excluding carboxylic acids is 1. The van der Waals surface area contributed by atoms with E-state index in [1.54, 1.807) is 0 Å². The molecule has 0 rings (SSSR count). The second-order valence-corrected chi connectivity index (χ2v) is 19.0. The lowest BCUT2D eigenvalue weighted by atomic mass is 10.0. The third-order valence-electron chi connectivity index (χ3n) is 13.0. The molecule has 356 valence electrons. The van der Waals surface area contributed by atoms with E-state index < -0.39 is 12.1 Å². The molecule has 0 aromatic heterocycles. The summed E-state index contributed by atoms with van der Waals surface area (Å²) in [6.45, 7) is 4.38. The normalized spacial score (nSPS) is 12.9. The first-order valence-electron chi connectivity index (χ1n) is 27.5. The molecular weight excluding hydrogens is 735 g/mol. The number of unbranched alkanes of at least 4 members (excludes halogenated alkanes) is 40. The number of carbonyl (C=O) groups is 1. The quantitative estimate of drug-likeness (QED) is 0.0422. The van der Waals surface area contributed by atoms with E-state index in [4.69, 9.17) is 0 Å². The lowest BCUT2D eigenvalue weighted by Crippen LogP contribution is -2.45. The van der Waals surface area contributed by atoms with Gasteiger partial charge in [-0.2, -0.15) is 0 Å². The SMILES string of the molecule is CCCCCCC/C=C\C/C=C\CCCCCCCCCCCCCC(=O)NC(CO)C(O)CCCCCCCCCCCCCCCCCCCCCCCCCCC. The van der Waals surface area contributed by atoms with Crippen LogP contribution in [0.25, 0.3) is 0 Å². The largest absolute Gasteiger partial charge is 0.394 e. The zero-order chi connectivity index (χ0) is 43.5. The molecule has 3 N–H and O–H groups in total. The lowest BCUT2D eigenvalue weighted by Gasteiger charge is -2.22. The minimum Gasteiger partial charge on any atom is -0.394 e. The van der Waals surface area contributed by atoms with Crippen LogP contribution in [-0.4, -0.2) is 34.9 Å². The van der Waals surface area contributed by atoms with Gasteiger partial charge in [0.2, 0.25) is 5.91 Å². The molecule has 2 unspecified atom stereocenters. The number of aliphatic hydroxyl groups is 2. The Hall–Kier alpha value is -1.13. The highest BCUT2D eigenvalue weighted by atomic mass is 16.3. The fourth-order valence-corrected chi connectivity index (χ4v) is 8.75. The van der Waals surface area contributed by atoms with Gasteiger partial charge < -0.3 is 15.5 Å². The first kappa shape index (κ1) is 58.9. The highest BCUT2D eigenvalue weighted by Crippen LogP contribution is 2.18. The van der Waals surface area contributed by atoms with Crippen molar-refractivity contribution in [1.82, 2.24) is 5.32 Å². The maximum Gasteiger partial charge on any atom is 0.220 e. The minimum absolute atomic E-state index is 0.0289. The van der Waals surface area contributed by atoms with E-state index in [9.17, 15) is 15.0 Å². The van der Waals surface area contributed by atoms with Crippen LogP contribution in [0.4, 0.5) is 0 Å². The van der Waals surface area contributed by atoms with Gasteiger partial charge in [-0.15, -0.1) is 0 Å². The van der Waals surface area contributed by atoms with Crippen LogP contribution in [0, 0.1) is 0 Å². The molecule has 0 aliphatic carbocycles. The second kappa shape index (κ2) is 52.2.